The Morgan fingerprint density at radius 2 is 1.96 bits per heavy atom. The molecule has 0 aromatic heterocycles. The number of allylic oxidation sites excluding steroid dienone is 1. The molecule has 0 amide bonds. The van der Waals surface area contributed by atoms with Crippen molar-refractivity contribution in [2.75, 3.05) is 26.2 Å². The molecule has 8 heteroatoms. The standard InChI is InChI=1S/C16H19F3N4O/c1-14(2)3-10-12(11(24)4-14)15(9-5-20-22-13(9)21-10)6-23(7-15)8-16(17,18)19/h21H,3-8H2,1-2H3. The molecular formula is C16H19F3N4O. The maximum absolute atomic E-state index is 12.8. The van der Waals surface area contributed by atoms with Crippen molar-refractivity contribution in [2.24, 2.45) is 21.1 Å². The van der Waals surface area contributed by atoms with Gasteiger partial charge in [-0.3, -0.25) is 9.69 Å². The Bertz CT molecular complexity index is 711. The Morgan fingerprint density at radius 1 is 1.25 bits per heavy atom. The quantitative estimate of drug-likeness (QED) is 0.799. The first-order valence-electron chi connectivity index (χ1n) is 8.04. The zero-order valence-electron chi connectivity index (χ0n) is 13.6. The molecule has 0 unspecified atom stereocenters. The average Bonchev–Trinajstić information content (AvgIpc) is 2.80. The molecule has 0 aromatic rings. The van der Waals surface area contributed by atoms with Crippen LogP contribution in [0.3, 0.4) is 0 Å². The largest absolute Gasteiger partial charge is 0.401 e. The Labute approximate surface area is 137 Å². The summed E-state index contributed by atoms with van der Waals surface area (Å²) >= 11 is 0. The second-order valence-electron chi connectivity index (χ2n) is 7.99. The first-order valence-corrected chi connectivity index (χ1v) is 8.04. The minimum atomic E-state index is -4.23. The summed E-state index contributed by atoms with van der Waals surface area (Å²) in [6, 6.07) is 0. The number of halogens is 3. The van der Waals surface area contributed by atoms with E-state index >= 15 is 0 Å². The maximum atomic E-state index is 12.8. The Hall–Kier alpha value is -1.70. The predicted molar refractivity (Wildman–Crippen MR) is 79.9 cm³/mol. The maximum Gasteiger partial charge on any atom is 0.401 e. The molecule has 5 nitrogen and oxygen atoms in total. The molecule has 0 bridgehead atoms. The van der Waals surface area contributed by atoms with Gasteiger partial charge in [-0.25, -0.2) is 0 Å². The summed E-state index contributed by atoms with van der Waals surface area (Å²) < 4.78 is 38.0. The number of nitrogens with zero attached hydrogens (tertiary/aromatic N) is 3. The lowest BCUT2D eigenvalue weighted by molar-refractivity contribution is -0.163. The van der Waals surface area contributed by atoms with E-state index in [0.717, 1.165) is 11.3 Å². The minimum Gasteiger partial charge on any atom is -0.342 e. The van der Waals surface area contributed by atoms with Crippen LogP contribution in [0, 0.1) is 10.8 Å². The van der Waals surface area contributed by atoms with Crippen molar-refractivity contribution in [1.82, 2.24) is 10.2 Å². The van der Waals surface area contributed by atoms with Crippen LogP contribution in [0.5, 0.6) is 0 Å². The van der Waals surface area contributed by atoms with E-state index in [1.165, 1.54) is 4.90 Å². The molecule has 1 spiro atoms. The van der Waals surface area contributed by atoms with E-state index in [9.17, 15) is 18.0 Å². The number of carbonyl (C=O) groups is 1. The molecule has 0 saturated carbocycles. The second-order valence-corrected chi connectivity index (χ2v) is 7.99. The van der Waals surface area contributed by atoms with Crippen LogP contribution >= 0.6 is 0 Å². The fraction of sp³-hybridized carbons (Fsp3) is 0.688. The van der Waals surface area contributed by atoms with E-state index in [1.807, 2.05) is 13.8 Å². The van der Waals surface area contributed by atoms with Crippen molar-refractivity contribution in [3.8, 4) is 0 Å². The topological polar surface area (TPSA) is 57.1 Å². The van der Waals surface area contributed by atoms with Crippen molar-refractivity contribution < 1.29 is 18.0 Å². The number of hydrogen-bond acceptors (Lipinski definition) is 5. The Morgan fingerprint density at radius 3 is 2.62 bits per heavy atom. The third-order valence-electron chi connectivity index (χ3n) is 5.28. The summed E-state index contributed by atoms with van der Waals surface area (Å²) in [5.74, 6) is 0.671. The summed E-state index contributed by atoms with van der Waals surface area (Å²) in [6.45, 7) is 3.89. The van der Waals surface area contributed by atoms with E-state index in [-0.39, 0.29) is 24.3 Å². The molecule has 0 atom stereocenters. The SMILES string of the molecule is CC1(C)CC(=O)C2=C(C1)NC1=C(CN=N1)C21CN(CC(F)(F)F)C1. The predicted octanol–water partition coefficient (Wildman–Crippen LogP) is 2.77. The van der Waals surface area contributed by atoms with E-state index in [4.69, 9.17) is 0 Å². The lowest BCUT2D eigenvalue weighted by Crippen LogP contribution is -2.63. The summed E-state index contributed by atoms with van der Waals surface area (Å²) in [5.41, 5.74) is 1.56. The number of azo groups is 1. The molecule has 3 heterocycles. The average molecular weight is 340 g/mol. The molecule has 24 heavy (non-hydrogen) atoms. The van der Waals surface area contributed by atoms with Gasteiger partial charge in [0.25, 0.3) is 0 Å². The molecular weight excluding hydrogens is 321 g/mol. The van der Waals surface area contributed by atoms with Crippen LogP contribution in [0.25, 0.3) is 0 Å². The highest BCUT2D eigenvalue weighted by Gasteiger charge is 2.58. The molecule has 3 aliphatic heterocycles. The van der Waals surface area contributed by atoms with Crippen LogP contribution in [-0.2, 0) is 4.79 Å². The van der Waals surface area contributed by atoms with Gasteiger partial charge in [-0.1, -0.05) is 13.8 Å². The fourth-order valence-corrected chi connectivity index (χ4v) is 4.50. The van der Waals surface area contributed by atoms with E-state index in [2.05, 4.69) is 15.5 Å². The van der Waals surface area contributed by atoms with Gasteiger partial charge in [-0.15, -0.1) is 5.11 Å². The molecule has 0 aromatic carbocycles. The third-order valence-corrected chi connectivity index (χ3v) is 5.28. The highest BCUT2D eigenvalue weighted by Crippen LogP contribution is 2.54. The third kappa shape index (κ3) is 2.30. The minimum absolute atomic E-state index is 0.0406. The van der Waals surface area contributed by atoms with Crippen molar-refractivity contribution in [3.05, 3.63) is 22.7 Å². The van der Waals surface area contributed by atoms with Gasteiger partial charge in [0.15, 0.2) is 11.6 Å². The molecule has 1 N–H and O–H groups in total. The molecule has 1 saturated heterocycles. The second kappa shape index (κ2) is 4.68. The number of carbonyl (C=O) groups excluding carboxylic acids is 1. The van der Waals surface area contributed by atoms with E-state index < -0.39 is 18.1 Å². The van der Waals surface area contributed by atoms with Gasteiger partial charge in [0.1, 0.15) is 0 Å². The molecule has 130 valence electrons. The van der Waals surface area contributed by atoms with Crippen molar-refractivity contribution in [2.45, 2.75) is 32.9 Å². The Kier molecular flexibility index (Phi) is 3.08. The van der Waals surface area contributed by atoms with Crippen LogP contribution in [0.4, 0.5) is 13.2 Å². The monoisotopic (exact) mass is 340 g/mol. The lowest BCUT2D eigenvalue weighted by Gasteiger charge is -2.55. The highest BCUT2D eigenvalue weighted by atomic mass is 19.4. The molecule has 1 aliphatic carbocycles. The zero-order valence-corrected chi connectivity index (χ0v) is 13.6. The summed E-state index contributed by atoms with van der Waals surface area (Å²) in [6.07, 6.45) is -3.11. The molecule has 0 radical (unpaired) electrons. The number of Topliss-reactive ketones (excluding diaryl/α,β-unsaturated/α-hetero) is 1. The van der Waals surface area contributed by atoms with Crippen LogP contribution in [-0.4, -0.2) is 43.0 Å². The molecule has 4 aliphatic rings. The number of ketones is 1. The Balaban J connectivity index is 1.70. The van der Waals surface area contributed by atoms with Gasteiger partial charge in [-0.2, -0.15) is 18.3 Å². The van der Waals surface area contributed by atoms with Crippen molar-refractivity contribution in [3.63, 3.8) is 0 Å². The zero-order chi connectivity index (χ0) is 17.3. The number of nitrogens with one attached hydrogen (secondary N) is 1. The van der Waals surface area contributed by atoms with E-state index in [0.29, 0.717) is 30.8 Å². The van der Waals surface area contributed by atoms with Crippen molar-refractivity contribution >= 4 is 5.78 Å². The highest BCUT2D eigenvalue weighted by molar-refractivity contribution is 6.00. The van der Waals surface area contributed by atoms with Crippen LogP contribution in [0.1, 0.15) is 26.7 Å². The van der Waals surface area contributed by atoms with Gasteiger partial charge >= 0.3 is 6.18 Å². The van der Waals surface area contributed by atoms with Crippen LogP contribution < -0.4 is 5.32 Å². The normalized spacial score (nSPS) is 28.0. The number of hydrogen-bond donors (Lipinski definition) is 1. The lowest BCUT2D eigenvalue weighted by atomic mass is 9.60. The number of dihydropyridines is 1. The number of rotatable bonds is 1. The van der Waals surface area contributed by atoms with E-state index in [1.54, 1.807) is 0 Å². The van der Waals surface area contributed by atoms with Gasteiger partial charge in [0, 0.05) is 36.4 Å². The van der Waals surface area contributed by atoms with Gasteiger partial charge in [-0.05, 0) is 11.8 Å². The first kappa shape index (κ1) is 15.8. The van der Waals surface area contributed by atoms with Crippen molar-refractivity contribution in [1.29, 1.82) is 0 Å². The number of alkyl halides is 3. The van der Waals surface area contributed by atoms with Crippen LogP contribution in [0.15, 0.2) is 32.9 Å². The van der Waals surface area contributed by atoms with Gasteiger partial charge in [0.05, 0.1) is 18.5 Å². The fourth-order valence-electron chi connectivity index (χ4n) is 4.50. The first-order chi connectivity index (χ1) is 11.1. The van der Waals surface area contributed by atoms with Gasteiger partial charge < -0.3 is 5.32 Å². The number of likely N-dealkylation sites (tertiary alicyclic amines) is 1. The smallest absolute Gasteiger partial charge is 0.342 e. The van der Waals surface area contributed by atoms with Gasteiger partial charge in [0.2, 0.25) is 0 Å². The summed E-state index contributed by atoms with van der Waals surface area (Å²) in [5, 5.41) is 11.4. The summed E-state index contributed by atoms with van der Waals surface area (Å²) in [4.78, 5) is 14.2. The van der Waals surface area contributed by atoms with Crippen LogP contribution in [0.2, 0.25) is 0 Å². The summed E-state index contributed by atoms with van der Waals surface area (Å²) in [7, 11) is 0. The number of fused-ring (bicyclic) bond motifs is 2. The molecule has 4 rings (SSSR count). The molecule has 1 fully saturated rings.